The number of benzene rings is 2. The van der Waals surface area contributed by atoms with Gasteiger partial charge in [0.2, 0.25) is 0 Å². The topological polar surface area (TPSA) is 101 Å². The molecule has 0 unspecified atom stereocenters. The number of pyridine rings is 1. The largest absolute Gasteiger partial charge is 0.372 e. The van der Waals surface area contributed by atoms with Crippen LogP contribution in [0, 0.1) is 23.0 Å². The van der Waals surface area contributed by atoms with E-state index in [1.165, 1.54) is 0 Å². The fourth-order valence-electron chi connectivity index (χ4n) is 3.07. The Labute approximate surface area is 211 Å². The first kappa shape index (κ1) is 26.4. The highest BCUT2D eigenvalue weighted by atomic mass is 35.5. The Morgan fingerprint density at radius 2 is 1.89 bits per heavy atom. The summed E-state index contributed by atoms with van der Waals surface area (Å²) in [7, 11) is -0.974. The van der Waals surface area contributed by atoms with Gasteiger partial charge in [-0.25, -0.2) is 13.8 Å². The van der Waals surface area contributed by atoms with Crippen LogP contribution in [0.2, 0.25) is 5.02 Å². The molecule has 0 fully saturated rings. The lowest BCUT2D eigenvalue weighted by molar-refractivity contribution is 0.568. The summed E-state index contributed by atoms with van der Waals surface area (Å²) in [6.07, 6.45) is 0.777. The summed E-state index contributed by atoms with van der Waals surface area (Å²) in [5.41, 5.74) is 1.70. The smallest absolute Gasteiger partial charge is 0.282 e. The molecule has 0 saturated carbocycles. The maximum Gasteiger partial charge on any atom is 0.282 e. The number of nitrogens with one attached hydrogen (secondary N) is 2. The summed E-state index contributed by atoms with van der Waals surface area (Å²) in [6, 6.07) is 10.8. The Balaban J connectivity index is 1.96. The SMILES string of the molecule is CNCCN(C)c1cc(C#N)ccc1Nc1cc(F)c(S(=O)(=O)N(Cl)c2ccc(F)cn2)cc1Cl. The molecule has 0 bridgehead atoms. The molecule has 3 aromatic rings. The van der Waals surface area contributed by atoms with Gasteiger partial charge in [-0.2, -0.15) is 17.5 Å². The third-order valence-corrected chi connectivity index (χ3v) is 7.42. The normalized spacial score (nSPS) is 11.1. The van der Waals surface area contributed by atoms with Crippen molar-refractivity contribution in [3.8, 4) is 6.07 Å². The minimum absolute atomic E-state index is 0.0946. The molecule has 0 saturated heterocycles. The van der Waals surface area contributed by atoms with E-state index >= 15 is 4.39 Å². The number of halogens is 4. The molecule has 0 atom stereocenters. The van der Waals surface area contributed by atoms with Crippen molar-refractivity contribution in [2.45, 2.75) is 4.90 Å². The first-order valence-electron chi connectivity index (χ1n) is 10.1. The molecule has 184 valence electrons. The quantitative estimate of drug-likeness (QED) is 0.381. The van der Waals surface area contributed by atoms with Crippen LogP contribution in [-0.2, 0) is 10.0 Å². The first-order chi connectivity index (χ1) is 16.6. The molecule has 1 heterocycles. The Morgan fingerprint density at radius 1 is 1.14 bits per heavy atom. The highest BCUT2D eigenvalue weighted by Gasteiger charge is 2.29. The van der Waals surface area contributed by atoms with Crippen LogP contribution in [0.4, 0.5) is 31.7 Å². The summed E-state index contributed by atoms with van der Waals surface area (Å²) >= 11 is 12.2. The van der Waals surface area contributed by atoms with E-state index in [9.17, 15) is 18.1 Å². The third kappa shape index (κ3) is 5.91. The Hall–Kier alpha value is -3.17. The predicted molar refractivity (Wildman–Crippen MR) is 133 cm³/mol. The highest BCUT2D eigenvalue weighted by molar-refractivity contribution is 7.94. The number of nitriles is 1. The zero-order valence-electron chi connectivity index (χ0n) is 18.6. The van der Waals surface area contributed by atoms with Gasteiger partial charge in [0.1, 0.15) is 16.5 Å². The van der Waals surface area contributed by atoms with Crippen LogP contribution in [0.25, 0.3) is 0 Å². The van der Waals surface area contributed by atoms with Crippen molar-refractivity contribution in [2.75, 3.05) is 41.2 Å². The van der Waals surface area contributed by atoms with Gasteiger partial charge in [-0.3, -0.25) is 0 Å². The van der Waals surface area contributed by atoms with Crippen LogP contribution in [-0.4, -0.2) is 40.6 Å². The average Bonchev–Trinajstić information content (AvgIpc) is 2.84. The number of hydrogen-bond donors (Lipinski definition) is 2. The number of nitrogens with zero attached hydrogens (tertiary/aromatic N) is 4. The van der Waals surface area contributed by atoms with E-state index in [-0.39, 0.29) is 20.4 Å². The van der Waals surface area contributed by atoms with E-state index in [4.69, 9.17) is 23.4 Å². The Bertz CT molecular complexity index is 1370. The van der Waals surface area contributed by atoms with Gasteiger partial charge >= 0.3 is 0 Å². The predicted octanol–water partition coefficient (Wildman–Crippen LogP) is 4.63. The maximum atomic E-state index is 15.0. The first-order valence-corrected chi connectivity index (χ1v) is 12.2. The summed E-state index contributed by atoms with van der Waals surface area (Å²) < 4.78 is 54.1. The zero-order chi connectivity index (χ0) is 25.8. The molecule has 0 spiro atoms. The van der Waals surface area contributed by atoms with Gasteiger partial charge < -0.3 is 15.5 Å². The van der Waals surface area contributed by atoms with Gasteiger partial charge in [-0.05, 0) is 43.4 Å². The maximum absolute atomic E-state index is 15.0. The molecule has 3 rings (SSSR count). The standard InChI is InChI=1S/C22H20Cl2F2N6O2S/c1-28-7-8-31(2)20-9-14(12-27)3-5-18(20)30-19-11-17(26)21(10-16(19)23)35(33,34)32(24)22-6-4-15(25)13-29-22/h3-6,9-11,13,28,30H,7-8H2,1-2H3. The molecule has 8 nitrogen and oxygen atoms in total. The van der Waals surface area contributed by atoms with E-state index in [1.807, 2.05) is 19.0 Å². The van der Waals surface area contributed by atoms with Crippen LogP contribution in [0.15, 0.2) is 53.6 Å². The minimum Gasteiger partial charge on any atom is -0.372 e. The van der Waals surface area contributed by atoms with Crippen LogP contribution in [0.3, 0.4) is 0 Å². The molecule has 13 heteroatoms. The van der Waals surface area contributed by atoms with Gasteiger partial charge in [0, 0.05) is 38.0 Å². The monoisotopic (exact) mass is 540 g/mol. The molecule has 2 aromatic carbocycles. The summed E-state index contributed by atoms with van der Waals surface area (Å²) in [6.45, 7) is 1.29. The van der Waals surface area contributed by atoms with Gasteiger partial charge in [-0.1, -0.05) is 11.6 Å². The summed E-state index contributed by atoms with van der Waals surface area (Å²) in [5.74, 6) is -2.14. The molecule has 0 aliphatic rings. The van der Waals surface area contributed by atoms with E-state index < -0.39 is 26.6 Å². The molecular formula is C22H20Cl2F2N6O2S. The Kier molecular flexibility index (Phi) is 8.34. The lowest BCUT2D eigenvalue weighted by Crippen LogP contribution is -2.27. The van der Waals surface area contributed by atoms with E-state index in [0.29, 0.717) is 30.0 Å². The molecular weight excluding hydrogens is 521 g/mol. The van der Waals surface area contributed by atoms with Crippen LogP contribution in [0.1, 0.15) is 5.56 Å². The lowest BCUT2D eigenvalue weighted by atomic mass is 10.1. The van der Waals surface area contributed by atoms with E-state index in [2.05, 4.69) is 21.7 Å². The molecule has 1 aromatic heterocycles. The van der Waals surface area contributed by atoms with Crippen LogP contribution >= 0.6 is 23.4 Å². The second-order valence-corrected chi connectivity index (χ2v) is 10.0. The van der Waals surface area contributed by atoms with E-state index in [1.54, 1.807) is 18.2 Å². The van der Waals surface area contributed by atoms with Crippen molar-refractivity contribution in [1.82, 2.24) is 10.3 Å². The van der Waals surface area contributed by atoms with Gasteiger partial charge in [0.05, 0.1) is 39.9 Å². The van der Waals surface area contributed by atoms with Crippen molar-refractivity contribution in [1.29, 1.82) is 5.26 Å². The third-order valence-electron chi connectivity index (χ3n) is 4.91. The van der Waals surface area contributed by atoms with Gasteiger partial charge in [-0.15, -0.1) is 0 Å². The van der Waals surface area contributed by atoms with E-state index in [0.717, 1.165) is 30.5 Å². The number of rotatable bonds is 9. The van der Waals surface area contributed by atoms with Gasteiger partial charge in [0.15, 0.2) is 5.82 Å². The second kappa shape index (κ2) is 11.0. The molecule has 0 aliphatic carbocycles. The fourth-order valence-corrected chi connectivity index (χ4v) is 4.77. The van der Waals surface area contributed by atoms with Crippen LogP contribution in [0.5, 0.6) is 0 Å². The highest BCUT2D eigenvalue weighted by Crippen LogP contribution is 2.36. The van der Waals surface area contributed by atoms with Crippen molar-refractivity contribution >= 4 is 56.3 Å². The lowest BCUT2D eigenvalue weighted by Gasteiger charge is -2.24. The van der Waals surface area contributed by atoms with Crippen molar-refractivity contribution in [3.05, 3.63) is 70.9 Å². The number of sulfonamides is 1. The minimum atomic E-state index is -4.61. The molecule has 0 amide bonds. The number of likely N-dealkylation sites (N-methyl/N-ethyl adjacent to an activating group) is 2. The molecule has 2 N–H and O–H groups in total. The molecule has 35 heavy (non-hydrogen) atoms. The summed E-state index contributed by atoms with van der Waals surface area (Å²) in [4.78, 5) is 4.70. The van der Waals surface area contributed by atoms with Crippen molar-refractivity contribution < 1.29 is 17.2 Å². The Morgan fingerprint density at radius 3 is 2.51 bits per heavy atom. The number of hydrogen-bond acceptors (Lipinski definition) is 7. The van der Waals surface area contributed by atoms with Gasteiger partial charge in [0.25, 0.3) is 10.0 Å². The fraction of sp³-hybridized carbons (Fsp3) is 0.182. The van der Waals surface area contributed by atoms with Crippen molar-refractivity contribution in [2.24, 2.45) is 0 Å². The zero-order valence-corrected chi connectivity index (χ0v) is 20.9. The molecule has 0 radical (unpaired) electrons. The summed E-state index contributed by atoms with van der Waals surface area (Å²) in [5, 5.41) is 15.2. The second-order valence-electron chi connectivity index (χ2n) is 7.31. The van der Waals surface area contributed by atoms with Crippen molar-refractivity contribution in [3.63, 3.8) is 0 Å². The van der Waals surface area contributed by atoms with Crippen LogP contribution < -0.4 is 19.4 Å². The number of anilines is 4. The average molecular weight is 541 g/mol. The number of aromatic nitrogens is 1. The molecule has 0 aliphatic heterocycles.